The highest BCUT2D eigenvalue weighted by Crippen LogP contribution is 2.21. The third kappa shape index (κ3) is 3.74. The highest BCUT2D eigenvalue weighted by Gasteiger charge is 2.27. The van der Waals surface area contributed by atoms with Crippen molar-refractivity contribution in [3.05, 3.63) is 57.4 Å². The number of hydrogen-bond acceptors (Lipinski definition) is 4. The van der Waals surface area contributed by atoms with Crippen molar-refractivity contribution >= 4 is 11.6 Å². The highest BCUT2D eigenvalue weighted by molar-refractivity contribution is 5.96. The standard InChI is InChI=1S/C16H20N4O3/c1-4-13(12-8-6-11(3)7-9-12)17-16(21)15-14(20(22)23)10-19(5-2)18-15/h6-10,13H,4-5H2,1-3H3,(H,17,21). The van der Waals surface area contributed by atoms with E-state index in [4.69, 9.17) is 0 Å². The first kappa shape index (κ1) is 16.7. The number of carbonyl (C=O) groups excluding carboxylic acids is 1. The largest absolute Gasteiger partial charge is 0.344 e. The molecule has 23 heavy (non-hydrogen) atoms. The molecular formula is C16H20N4O3. The van der Waals surface area contributed by atoms with E-state index in [0.29, 0.717) is 13.0 Å². The first-order valence-corrected chi connectivity index (χ1v) is 7.55. The molecule has 0 saturated carbocycles. The van der Waals surface area contributed by atoms with E-state index >= 15 is 0 Å². The van der Waals surface area contributed by atoms with E-state index in [1.165, 1.54) is 10.9 Å². The van der Waals surface area contributed by atoms with Gasteiger partial charge in [0, 0.05) is 6.54 Å². The van der Waals surface area contributed by atoms with E-state index < -0.39 is 10.8 Å². The Bertz CT molecular complexity index is 707. The van der Waals surface area contributed by atoms with E-state index in [-0.39, 0.29) is 17.4 Å². The fraction of sp³-hybridized carbons (Fsp3) is 0.375. The zero-order valence-electron chi connectivity index (χ0n) is 13.4. The number of nitrogens with one attached hydrogen (secondary N) is 1. The Balaban J connectivity index is 2.24. The second-order valence-electron chi connectivity index (χ2n) is 5.32. The molecular weight excluding hydrogens is 296 g/mol. The maximum atomic E-state index is 12.4. The summed E-state index contributed by atoms with van der Waals surface area (Å²) in [6.07, 6.45) is 1.96. The molecule has 1 aromatic carbocycles. The first-order chi connectivity index (χ1) is 11.0. The summed E-state index contributed by atoms with van der Waals surface area (Å²) in [4.78, 5) is 22.9. The average Bonchev–Trinajstić information content (AvgIpc) is 2.98. The lowest BCUT2D eigenvalue weighted by atomic mass is 10.0. The minimum atomic E-state index is -0.582. The van der Waals surface area contributed by atoms with Crippen molar-refractivity contribution < 1.29 is 9.72 Å². The molecule has 0 spiro atoms. The molecule has 0 radical (unpaired) electrons. The van der Waals surface area contributed by atoms with Crippen LogP contribution in [0.1, 0.15) is 47.9 Å². The fourth-order valence-electron chi connectivity index (χ4n) is 2.31. The lowest BCUT2D eigenvalue weighted by molar-refractivity contribution is -0.385. The summed E-state index contributed by atoms with van der Waals surface area (Å²) >= 11 is 0. The predicted molar refractivity (Wildman–Crippen MR) is 86.2 cm³/mol. The van der Waals surface area contributed by atoms with Crippen LogP contribution in [0, 0.1) is 17.0 Å². The van der Waals surface area contributed by atoms with Crippen molar-refractivity contribution in [2.24, 2.45) is 0 Å². The van der Waals surface area contributed by atoms with Gasteiger partial charge in [-0.25, -0.2) is 0 Å². The summed E-state index contributed by atoms with van der Waals surface area (Å²) in [5, 5.41) is 17.9. The van der Waals surface area contributed by atoms with Crippen molar-refractivity contribution in [3.63, 3.8) is 0 Å². The Labute approximate surface area is 134 Å². The fourth-order valence-corrected chi connectivity index (χ4v) is 2.31. The van der Waals surface area contributed by atoms with E-state index in [1.807, 2.05) is 38.1 Å². The van der Waals surface area contributed by atoms with Gasteiger partial charge in [0.15, 0.2) is 0 Å². The second-order valence-corrected chi connectivity index (χ2v) is 5.32. The Morgan fingerprint density at radius 2 is 2.00 bits per heavy atom. The van der Waals surface area contributed by atoms with Gasteiger partial charge in [0.05, 0.1) is 11.0 Å². The van der Waals surface area contributed by atoms with Gasteiger partial charge in [0.2, 0.25) is 5.69 Å². The zero-order chi connectivity index (χ0) is 17.0. The lowest BCUT2D eigenvalue weighted by Gasteiger charge is -2.16. The van der Waals surface area contributed by atoms with Crippen LogP contribution >= 0.6 is 0 Å². The predicted octanol–water partition coefficient (Wildman–Crippen LogP) is 3.00. The summed E-state index contributed by atoms with van der Waals surface area (Å²) in [6.45, 7) is 6.21. The van der Waals surface area contributed by atoms with Gasteiger partial charge < -0.3 is 5.32 Å². The van der Waals surface area contributed by atoms with Crippen LogP contribution in [-0.4, -0.2) is 20.6 Å². The van der Waals surface area contributed by atoms with Gasteiger partial charge >= 0.3 is 5.69 Å². The molecule has 2 aromatic rings. The van der Waals surface area contributed by atoms with Crippen LogP contribution in [0.25, 0.3) is 0 Å². The normalized spacial score (nSPS) is 12.0. The van der Waals surface area contributed by atoms with Gasteiger partial charge in [-0.3, -0.25) is 19.6 Å². The van der Waals surface area contributed by atoms with Gasteiger partial charge in [-0.05, 0) is 25.8 Å². The van der Waals surface area contributed by atoms with Crippen LogP contribution < -0.4 is 5.32 Å². The summed E-state index contributed by atoms with van der Waals surface area (Å²) in [7, 11) is 0. The van der Waals surface area contributed by atoms with E-state index in [9.17, 15) is 14.9 Å². The molecule has 0 aliphatic heterocycles. The molecule has 1 amide bonds. The van der Waals surface area contributed by atoms with E-state index in [1.54, 1.807) is 6.92 Å². The Kier molecular flexibility index (Phi) is 5.10. The molecule has 0 aliphatic carbocycles. The molecule has 1 heterocycles. The third-order valence-electron chi connectivity index (χ3n) is 3.67. The second kappa shape index (κ2) is 7.04. The highest BCUT2D eigenvalue weighted by atomic mass is 16.6. The smallest absolute Gasteiger partial charge is 0.320 e. The topological polar surface area (TPSA) is 90.1 Å². The minimum absolute atomic E-state index is 0.151. The van der Waals surface area contributed by atoms with Crippen LogP contribution in [0.4, 0.5) is 5.69 Å². The molecule has 1 atom stereocenters. The molecule has 0 saturated heterocycles. The quantitative estimate of drug-likeness (QED) is 0.655. The van der Waals surface area contributed by atoms with E-state index in [0.717, 1.165) is 11.1 Å². The van der Waals surface area contributed by atoms with Crippen LogP contribution in [0.2, 0.25) is 0 Å². The maximum Gasteiger partial charge on any atom is 0.320 e. The van der Waals surface area contributed by atoms with Gasteiger partial charge in [0.1, 0.15) is 6.20 Å². The number of benzene rings is 1. The van der Waals surface area contributed by atoms with Crippen molar-refractivity contribution in [2.75, 3.05) is 0 Å². The number of aryl methyl sites for hydroxylation is 2. The summed E-state index contributed by atoms with van der Waals surface area (Å²) in [5.41, 5.74) is 1.67. The molecule has 7 heteroatoms. The number of hydrogen-bond donors (Lipinski definition) is 1. The van der Waals surface area contributed by atoms with E-state index in [2.05, 4.69) is 10.4 Å². The van der Waals surface area contributed by atoms with Crippen molar-refractivity contribution in [1.29, 1.82) is 0 Å². The van der Waals surface area contributed by atoms with Gasteiger partial charge in [-0.15, -0.1) is 0 Å². The summed E-state index contributed by atoms with van der Waals surface area (Å²) < 4.78 is 1.39. The molecule has 7 nitrogen and oxygen atoms in total. The maximum absolute atomic E-state index is 12.4. The van der Waals surface area contributed by atoms with Gasteiger partial charge in [-0.2, -0.15) is 5.10 Å². The number of amides is 1. The minimum Gasteiger partial charge on any atom is -0.344 e. The van der Waals surface area contributed by atoms with Crippen LogP contribution in [-0.2, 0) is 6.54 Å². The molecule has 1 unspecified atom stereocenters. The van der Waals surface area contributed by atoms with Gasteiger partial charge in [-0.1, -0.05) is 36.8 Å². The average molecular weight is 316 g/mol. The first-order valence-electron chi connectivity index (χ1n) is 7.55. The number of rotatable bonds is 6. The third-order valence-corrected chi connectivity index (χ3v) is 3.67. The van der Waals surface area contributed by atoms with Crippen molar-refractivity contribution in [1.82, 2.24) is 15.1 Å². The zero-order valence-corrected chi connectivity index (χ0v) is 13.4. The number of carbonyl (C=O) groups is 1. The molecule has 1 N–H and O–H groups in total. The van der Waals surface area contributed by atoms with Crippen molar-refractivity contribution in [3.8, 4) is 0 Å². The number of nitro groups is 1. The molecule has 0 bridgehead atoms. The lowest BCUT2D eigenvalue weighted by Crippen LogP contribution is -2.29. The molecule has 1 aromatic heterocycles. The Morgan fingerprint density at radius 1 is 1.35 bits per heavy atom. The van der Waals surface area contributed by atoms with Crippen molar-refractivity contribution in [2.45, 2.75) is 39.8 Å². The number of aromatic nitrogens is 2. The Morgan fingerprint density at radius 3 is 2.52 bits per heavy atom. The Hall–Kier alpha value is -2.70. The SMILES string of the molecule is CCC(NC(=O)c1nn(CC)cc1[N+](=O)[O-])c1ccc(C)cc1. The molecule has 0 aliphatic rings. The summed E-state index contributed by atoms with van der Waals surface area (Å²) in [5.74, 6) is -0.531. The van der Waals surface area contributed by atoms with Gasteiger partial charge in [0.25, 0.3) is 5.91 Å². The molecule has 0 fully saturated rings. The molecule has 2 rings (SSSR count). The van der Waals surface area contributed by atoms with Crippen LogP contribution in [0.15, 0.2) is 30.5 Å². The van der Waals surface area contributed by atoms with Crippen LogP contribution in [0.5, 0.6) is 0 Å². The number of nitrogens with zero attached hydrogens (tertiary/aromatic N) is 3. The molecule has 122 valence electrons. The summed E-state index contributed by atoms with van der Waals surface area (Å²) in [6, 6.07) is 7.62. The van der Waals surface area contributed by atoms with Crippen LogP contribution in [0.3, 0.4) is 0 Å². The monoisotopic (exact) mass is 316 g/mol.